The van der Waals surface area contributed by atoms with Gasteiger partial charge in [-0.15, -0.1) is 13.2 Å². The predicted octanol–water partition coefficient (Wildman–Crippen LogP) is 5.26. The van der Waals surface area contributed by atoms with E-state index in [9.17, 15) is 0 Å². The molecule has 0 spiro atoms. The molecule has 0 amide bonds. The molecular weight excluding hydrogens is 272 g/mol. The third kappa shape index (κ3) is 4.81. The Morgan fingerprint density at radius 2 is 1.00 bits per heavy atom. The van der Waals surface area contributed by atoms with Gasteiger partial charge in [-0.25, -0.2) is 0 Å². The van der Waals surface area contributed by atoms with Crippen LogP contribution in [0.5, 0.6) is 11.5 Å². The van der Waals surface area contributed by atoms with Crippen LogP contribution in [0.1, 0.15) is 12.8 Å². The second-order valence-electron chi connectivity index (χ2n) is 4.90. The number of hydrogen-bond donors (Lipinski definition) is 0. The van der Waals surface area contributed by atoms with Gasteiger partial charge < -0.3 is 9.47 Å². The third-order valence-electron chi connectivity index (χ3n) is 3.22. The lowest BCUT2D eigenvalue weighted by Crippen LogP contribution is -1.95. The molecule has 0 aliphatic carbocycles. The monoisotopic (exact) mass is 294 g/mol. The van der Waals surface area contributed by atoms with Gasteiger partial charge in [0.1, 0.15) is 11.5 Å². The molecule has 0 saturated carbocycles. The van der Waals surface area contributed by atoms with Crippen LogP contribution in [0, 0.1) is 0 Å². The van der Waals surface area contributed by atoms with Gasteiger partial charge in [0.25, 0.3) is 0 Å². The molecule has 0 aromatic heterocycles. The first kappa shape index (κ1) is 15.9. The van der Waals surface area contributed by atoms with Crippen molar-refractivity contribution in [1.29, 1.82) is 0 Å². The smallest absolute Gasteiger partial charge is 0.119 e. The molecule has 114 valence electrons. The van der Waals surface area contributed by atoms with E-state index in [-0.39, 0.29) is 0 Å². The van der Waals surface area contributed by atoms with Crippen molar-refractivity contribution in [3.8, 4) is 22.6 Å². The molecule has 0 aliphatic heterocycles. The van der Waals surface area contributed by atoms with Crippen LogP contribution in [-0.2, 0) is 0 Å². The van der Waals surface area contributed by atoms with E-state index in [0.717, 1.165) is 35.5 Å². The van der Waals surface area contributed by atoms with Crippen molar-refractivity contribution in [2.45, 2.75) is 12.8 Å². The van der Waals surface area contributed by atoms with Gasteiger partial charge in [-0.1, -0.05) is 36.4 Å². The summed E-state index contributed by atoms with van der Waals surface area (Å²) >= 11 is 0. The summed E-state index contributed by atoms with van der Waals surface area (Å²) in [6.45, 7) is 8.69. The number of rotatable bonds is 9. The first-order valence-electron chi connectivity index (χ1n) is 7.51. The minimum atomic E-state index is 0.666. The Labute approximate surface area is 132 Å². The molecule has 0 heterocycles. The zero-order valence-corrected chi connectivity index (χ0v) is 12.8. The summed E-state index contributed by atoms with van der Waals surface area (Å²) in [6.07, 6.45) is 5.42. The van der Waals surface area contributed by atoms with E-state index in [0.29, 0.717) is 13.2 Å². The molecule has 0 saturated heterocycles. The third-order valence-corrected chi connectivity index (χ3v) is 3.22. The van der Waals surface area contributed by atoms with Crippen molar-refractivity contribution >= 4 is 0 Å². The van der Waals surface area contributed by atoms with Crippen LogP contribution in [0.25, 0.3) is 11.1 Å². The average Bonchev–Trinajstić information content (AvgIpc) is 2.57. The van der Waals surface area contributed by atoms with Crippen LogP contribution >= 0.6 is 0 Å². The molecule has 0 N–H and O–H groups in total. The highest BCUT2D eigenvalue weighted by Crippen LogP contribution is 2.24. The van der Waals surface area contributed by atoms with Gasteiger partial charge in [0.2, 0.25) is 0 Å². The minimum Gasteiger partial charge on any atom is -0.493 e. The molecular formula is C20H22O2. The molecule has 0 atom stereocenters. The highest BCUT2D eigenvalue weighted by atomic mass is 16.5. The van der Waals surface area contributed by atoms with Crippen LogP contribution in [0.3, 0.4) is 0 Å². The summed E-state index contributed by atoms with van der Waals surface area (Å²) in [5.41, 5.74) is 2.32. The maximum Gasteiger partial charge on any atom is 0.119 e. The summed E-state index contributed by atoms with van der Waals surface area (Å²) in [7, 11) is 0. The molecule has 2 heteroatoms. The van der Waals surface area contributed by atoms with Gasteiger partial charge in [-0.3, -0.25) is 0 Å². The van der Waals surface area contributed by atoms with Crippen molar-refractivity contribution in [2.75, 3.05) is 13.2 Å². The van der Waals surface area contributed by atoms with Crippen LogP contribution in [-0.4, -0.2) is 13.2 Å². The lowest BCUT2D eigenvalue weighted by molar-refractivity contribution is 0.325. The SMILES string of the molecule is C=CCCOc1ccc(-c2ccc(OCCC=C)cc2)cc1. The number of ether oxygens (including phenoxy) is 2. The van der Waals surface area contributed by atoms with E-state index in [1.54, 1.807) is 0 Å². The Balaban J connectivity index is 1.96. The van der Waals surface area contributed by atoms with E-state index < -0.39 is 0 Å². The number of benzene rings is 2. The maximum atomic E-state index is 5.61. The van der Waals surface area contributed by atoms with Crippen molar-refractivity contribution in [1.82, 2.24) is 0 Å². The summed E-state index contributed by atoms with van der Waals surface area (Å²) in [5.74, 6) is 1.77. The lowest BCUT2D eigenvalue weighted by atomic mass is 10.1. The van der Waals surface area contributed by atoms with Crippen molar-refractivity contribution in [3.63, 3.8) is 0 Å². The highest BCUT2D eigenvalue weighted by molar-refractivity contribution is 5.64. The Kier molecular flexibility index (Phi) is 6.31. The Morgan fingerprint density at radius 3 is 1.32 bits per heavy atom. The van der Waals surface area contributed by atoms with Gasteiger partial charge in [0.05, 0.1) is 13.2 Å². The Hall–Kier alpha value is -2.48. The second-order valence-corrected chi connectivity index (χ2v) is 4.90. The van der Waals surface area contributed by atoms with E-state index >= 15 is 0 Å². The minimum absolute atomic E-state index is 0.666. The molecule has 2 aromatic rings. The van der Waals surface area contributed by atoms with Crippen LogP contribution in [0.2, 0.25) is 0 Å². The fraction of sp³-hybridized carbons (Fsp3) is 0.200. The summed E-state index contributed by atoms with van der Waals surface area (Å²) in [6, 6.07) is 16.2. The van der Waals surface area contributed by atoms with Crippen molar-refractivity contribution < 1.29 is 9.47 Å². The molecule has 0 radical (unpaired) electrons. The van der Waals surface area contributed by atoms with Gasteiger partial charge in [0, 0.05) is 0 Å². The van der Waals surface area contributed by atoms with E-state index in [1.165, 1.54) is 0 Å². The fourth-order valence-electron chi connectivity index (χ4n) is 2.01. The molecule has 2 aromatic carbocycles. The summed E-state index contributed by atoms with van der Waals surface area (Å²) < 4.78 is 11.2. The normalized spacial score (nSPS) is 10.0. The highest BCUT2D eigenvalue weighted by Gasteiger charge is 2.00. The molecule has 0 unspecified atom stereocenters. The van der Waals surface area contributed by atoms with Gasteiger partial charge >= 0.3 is 0 Å². The fourth-order valence-corrected chi connectivity index (χ4v) is 2.01. The summed E-state index contributed by atoms with van der Waals surface area (Å²) in [4.78, 5) is 0. The van der Waals surface area contributed by atoms with Crippen LogP contribution < -0.4 is 9.47 Å². The molecule has 0 aliphatic rings. The molecule has 0 bridgehead atoms. The zero-order valence-electron chi connectivity index (χ0n) is 12.8. The number of hydrogen-bond acceptors (Lipinski definition) is 2. The summed E-state index contributed by atoms with van der Waals surface area (Å²) in [5, 5.41) is 0. The average molecular weight is 294 g/mol. The van der Waals surface area contributed by atoms with Crippen molar-refractivity contribution in [3.05, 3.63) is 73.8 Å². The van der Waals surface area contributed by atoms with Crippen LogP contribution in [0.4, 0.5) is 0 Å². The Morgan fingerprint density at radius 1 is 0.636 bits per heavy atom. The topological polar surface area (TPSA) is 18.5 Å². The maximum absolute atomic E-state index is 5.61. The molecule has 2 rings (SSSR count). The van der Waals surface area contributed by atoms with Gasteiger partial charge in [-0.2, -0.15) is 0 Å². The van der Waals surface area contributed by atoms with E-state index in [1.807, 2.05) is 36.4 Å². The zero-order chi connectivity index (χ0) is 15.6. The van der Waals surface area contributed by atoms with Gasteiger partial charge in [0.15, 0.2) is 0 Å². The van der Waals surface area contributed by atoms with E-state index in [4.69, 9.17) is 9.47 Å². The van der Waals surface area contributed by atoms with E-state index in [2.05, 4.69) is 37.4 Å². The second kappa shape index (κ2) is 8.73. The first-order valence-corrected chi connectivity index (χ1v) is 7.51. The lowest BCUT2D eigenvalue weighted by Gasteiger charge is -2.08. The largest absolute Gasteiger partial charge is 0.493 e. The standard InChI is InChI=1S/C20H22O2/c1-3-5-15-21-19-11-7-17(8-12-19)18-9-13-20(14-10-18)22-16-6-4-2/h3-4,7-14H,1-2,5-6,15-16H2. The first-order chi connectivity index (χ1) is 10.8. The molecule has 2 nitrogen and oxygen atoms in total. The molecule has 22 heavy (non-hydrogen) atoms. The predicted molar refractivity (Wildman–Crippen MR) is 92.5 cm³/mol. The molecule has 0 fully saturated rings. The van der Waals surface area contributed by atoms with Crippen molar-refractivity contribution in [2.24, 2.45) is 0 Å². The van der Waals surface area contributed by atoms with Crippen LogP contribution in [0.15, 0.2) is 73.8 Å². The Bertz CT molecular complexity index is 527. The van der Waals surface area contributed by atoms with Gasteiger partial charge in [-0.05, 0) is 48.2 Å². The quantitative estimate of drug-likeness (QED) is 0.463.